The second-order valence-electron chi connectivity index (χ2n) is 4.35. The summed E-state index contributed by atoms with van der Waals surface area (Å²) in [6.45, 7) is 3.55. The second-order valence-corrected chi connectivity index (χ2v) is 7.17. The van der Waals surface area contributed by atoms with E-state index >= 15 is 0 Å². The highest BCUT2D eigenvalue weighted by Gasteiger charge is 2.26. The summed E-state index contributed by atoms with van der Waals surface area (Å²) < 4.78 is 30.6. The number of hydrogen-bond acceptors (Lipinski definition) is 7. The van der Waals surface area contributed by atoms with Crippen LogP contribution in [0.3, 0.4) is 0 Å². The van der Waals surface area contributed by atoms with Crippen molar-refractivity contribution in [3.05, 3.63) is 11.2 Å². The molecule has 0 aliphatic heterocycles. The SMILES string of the molecule is COC(=O)c1ncsc1S(=O)(=O)NCCC(=O)NC(C)C. The molecule has 0 saturated heterocycles. The fourth-order valence-electron chi connectivity index (χ4n) is 1.42. The van der Waals surface area contributed by atoms with Crippen molar-refractivity contribution in [2.75, 3.05) is 13.7 Å². The van der Waals surface area contributed by atoms with E-state index in [1.54, 1.807) is 0 Å². The van der Waals surface area contributed by atoms with E-state index < -0.39 is 16.0 Å². The van der Waals surface area contributed by atoms with Gasteiger partial charge in [-0.2, -0.15) is 0 Å². The lowest BCUT2D eigenvalue weighted by Crippen LogP contribution is -2.34. The fraction of sp³-hybridized carbons (Fsp3) is 0.545. The van der Waals surface area contributed by atoms with Crippen LogP contribution in [0.15, 0.2) is 9.72 Å². The van der Waals surface area contributed by atoms with Crippen molar-refractivity contribution in [1.82, 2.24) is 15.0 Å². The molecule has 10 heteroatoms. The minimum absolute atomic E-state index is 0.00374. The summed E-state index contributed by atoms with van der Waals surface area (Å²) in [4.78, 5) is 26.5. The van der Waals surface area contributed by atoms with Crippen molar-refractivity contribution in [1.29, 1.82) is 0 Å². The Hall–Kier alpha value is -1.52. The Morgan fingerprint density at radius 3 is 2.67 bits per heavy atom. The van der Waals surface area contributed by atoms with Crippen LogP contribution >= 0.6 is 11.3 Å². The number of rotatable bonds is 7. The van der Waals surface area contributed by atoms with Gasteiger partial charge in [0.15, 0.2) is 9.90 Å². The Labute approximate surface area is 127 Å². The maximum Gasteiger partial charge on any atom is 0.358 e. The molecule has 0 aromatic carbocycles. The Bertz CT molecular complexity index is 609. The number of nitrogens with one attached hydrogen (secondary N) is 2. The summed E-state index contributed by atoms with van der Waals surface area (Å²) in [5.41, 5.74) is 0.980. The van der Waals surface area contributed by atoms with Crippen LogP contribution in [0.4, 0.5) is 0 Å². The molecule has 0 bridgehead atoms. The Kier molecular flexibility index (Phi) is 6.24. The molecule has 0 atom stereocenters. The topological polar surface area (TPSA) is 114 Å². The second kappa shape index (κ2) is 7.48. The van der Waals surface area contributed by atoms with Crippen LogP contribution < -0.4 is 10.0 Å². The van der Waals surface area contributed by atoms with Gasteiger partial charge in [0, 0.05) is 19.0 Å². The average Bonchev–Trinajstić information content (AvgIpc) is 2.86. The first-order valence-electron chi connectivity index (χ1n) is 6.08. The molecule has 118 valence electrons. The van der Waals surface area contributed by atoms with E-state index in [4.69, 9.17) is 0 Å². The number of amides is 1. The lowest BCUT2D eigenvalue weighted by Gasteiger charge is -2.09. The van der Waals surface area contributed by atoms with Crippen molar-refractivity contribution >= 4 is 33.2 Å². The zero-order valence-electron chi connectivity index (χ0n) is 11.9. The molecule has 0 unspecified atom stereocenters. The predicted molar refractivity (Wildman–Crippen MR) is 76.5 cm³/mol. The van der Waals surface area contributed by atoms with E-state index in [0.717, 1.165) is 18.4 Å². The molecule has 2 N–H and O–H groups in total. The number of nitrogens with zero attached hydrogens (tertiary/aromatic N) is 1. The molecule has 0 spiro atoms. The van der Waals surface area contributed by atoms with Crippen molar-refractivity contribution in [2.45, 2.75) is 30.5 Å². The highest BCUT2D eigenvalue weighted by molar-refractivity contribution is 7.91. The van der Waals surface area contributed by atoms with Crippen LogP contribution in [0.2, 0.25) is 0 Å². The molecule has 8 nitrogen and oxygen atoms in total. The number of methoxy groups -OCH3 is 1. The molecular formula is C11H17N3O5S2. The highest BCUT2D eigenvalue weighted by Crippen LogP contribution is 2.20. The molecular weight excluding hydrogens is 318 g/mol. The van der Waals surface area contributed by atoms with Gasteiger partial charge in [0.25, 0.3) is 10.0 Å². The minimum atomic E-state index is -3.90. The number of thiazole rings is 1. The number of carbonyl (C=O) groups is 2. The predicted octanol–water partition coefficient (Wildman–Crippen LogP) is 0.123. The van der Waals surface area contributed by atoms with E-state index in [9.17, 15) is 18.0 Å². The van der Waals surface area contributed by atoms with Gasteiger partial charge < -0.3 is 10.1 Å². The summed E-state index contributed by atoms with van der Waals surface area (Å²) in [5, 5.41) is 2.64. The first kappa shape index (κ1) is 17.5. The third kappa shape index (κ3) is 5.06. The molecule has 1 aromatic rings. The quantitative estimate of drug-likeness (QED) is 0.684. The number of sulfonamides is 1. The Balaban J connectivity index is 2.69. The van der Waals surface area contributed by atoms with Crippen LogP contribution in [-0.4, -0.2) is 45.0 Å². The smallest absolute Gasteiger partial charge is 0.358 e. The van der Waals surface area contributed by atoms with Crippen LogP contribution in [-0.2, 0) is 19.6 Å². The van der Waals surface area contributed by atoms with Gasteiger partial charge in [0.05, 0.1) is 12.6 Å². The van der Waals surface area contributed by atoms with E-state index in [-0.39, 0.29) is 34.8 Å². The number of esters is 1. The first-order valence-corrected chi connectivity index (χ1v) is 8.45. The molecule has 0 radical (unpaired) electrons. The van der Waals surface area contributed by atoms with Gasteiger partial charge in [-0.15, -0.1) is 11.3 Å². The van der Waals surface area contributed by atoms with Crippen LogP contribution in [0.1, 0.15) is 30.8 Å². The van der Waals surface area contributed by atoms with Gasteiger partial charge in [-0.1, -0.05) is 0 Å². The van der Waals surface area contributed by atoms with Crippen molar-refractivity contribution in [3.63, 3.8) is 0 Å². The van der Waals surface area contributed by atoms with Crippen molar-refractivity contribution < 1.29 is 22.7 Å². The third-order valence-corrected chi connectivity index (χ3v) is 5.08. The van der Waals surface area contributed by atoms with Crippen LogP contribution in [0.5, 0.6) is 0 Å². The molecule has 0 saturated carbocycles. The van der Waals surface area contributed by atoms with Gasteiger partial charge in [0.1, 0.15) is 0 Å². The maximum atomic E-state index is 12.1. The van der Waals surface area contributed by atoms with Gasteiger partial charge in [-0.05, 0) is 13.8 Å². The normalized spacial score (nSPS) is 11.4. The largest absolute Gasteiger partial charge is 0.464 e. The summed E-state index contributed by atoms with van der Waals surface area (Å²) >= 11 is 0.807. The monoisotopic (exact) mass is 335 g/mol. The molecule has 1 heterocycles. The number of aromatic nitrogens is 1. The zero-order valence-corrected chi connectivity index (χ0v) is 13.5. The molecule has 1 amide bonds. The Morgan fingerprint density at radius 2 is 2.10 bits per heavy atom. The van der Waals surface area contributed by atoms with Gasteiger partial charge in [0.2, 0.25) is 5.91 Å². The number of carbonyl (C=O) groups excluding carboxylic acids is 2. The van der Waals surface area contributed by atoms with E-state index in [1.807, 2.05) is 13.8 Å². The van der Waals surface area contributed by atoms with E-state index in [0.29, 0.717) is 0 Å². The van der Waals surface area contributed by atoms with Crippen molar-refractivity contribution in [3.8, 4) is 0 Å². The Morgan fingerprint density at radius 1 is 1.43 bits per heavy atom. The molecule has 1 rings (SSSR count). The summed E-state index contributed by atoms with van der Waals surface area (Å²) in [6.07, 6.45) is 0.00374. The lowest BCUT2D eigenvalue weighted by atomic mass is 10.3. The van der Waals surface area contributed by atoms with E-state index in [1.165, 1.54) is 5.51 Å². The maximum absolute atomic E-state index is 12.1. The molecule has 0 aliphatic rings. The highest BCUT2D eigenvalue weighted by atomic mass is 32.2. The van der Waals surface area contributed by atoms with Crippen molar-refractivity contribution in [2.24, 2.45) is 0 Å². The van der Waals surface area contributed by atoms with Crippen LogP contribution in [0.25, 0.3) is 0 Å². The fourth-order valence-corrected chi connectivity index (χ4v) is 3.62. The summed E-state index contributed by atoms with van der Waals surface area (Å²) in [7, 11) is -2.76. The molecule has 21 heavy (non-hydrogen) atoms. The number of hydrogen-bond donors (Lipinski definition) is 2. The standard InChI is InChI=1S/C11H17N3O5S2/c1-7(2)14-8(15)4-5-13-21(17,18)11-9(10(16)19-3)12-6-20-11/h6-7,13H,4-5H2,1-3H3,(H,14,15). The van der Waals surface area contributed by atoms with E-state index in [2.05, 4.69) is 19.8 Å². The molecule has 0 aliphatic carbocycles. The molecule has 0 fully saturated rings. The summed E-state index contributed by atoms with van der Waals surface area (Å²) in [6, 6.07) is -0.0125. The third-order valence-electron chi connectivity index (χ3n) is 2.25. The minimum Gasteiger partial charge on any atom is -0.464 e. The zero-order chi connectivity index (χ0) is 16.0. The average molecular weight is 335 g/mol. The van der Waals surface area contributed by atoms with Gasteiger partial charge >= 0.3 is 5.97 Å². The molecule has 1 aromatic heterocycles. The lowest BCUT2D eigenvalue weighted by molar-refractivity contribution is -0.121. The van der Waals surface area contributed by atoms with Gasteiger partial charge in [-0.25, -0.2) is 22.9 Å². The van der Waals surface area contributed by atoms with Gasteiger partial charge in [-0.3, -0.25) is 4.79 Å². The first-order chi connectivity index (χ1) is 9.77. The number of ether oxygens (including phenoxy) is 1. The van der Waals surface area contributed by atoms with Crippen LogP contribution in [0, 0.1) is 0 Å². The summed E-state index contributed by atoms with van der Waals surface area (Å²) in [5.74, 6) is -1.08.